The Balaban J connectivity index is 3.44. The molecule has 1 amide bonds. The third-order valence-electron chi connectivity index (χ3n) is 15.8. The summed E-state index contributed by atoms with van der Waals surface area (Å²) in [4.78, 5) is 24.6. The van der Waals surface area contributed by atoms with E-state index in [4.69, 9.17) is 4.74 Å². The fourth-order valence-corrected chi connectivity index (χ4v) is 10.6. The number of hydrogen-bond acceptors (Lipinski definition) is 5. The van der Waals surface area contributed by atoms with Crippen LogP contribution < -0.4 is 5.32 Å². The lowest BCUT2D eigenvalue weighted by molar-refractivity contribution is -0.143. The van der Waals surface area contributed by atoms with Crippen LogP contribution in [0.2, 0.25) is 0 Å². The van der Waals surface area contributed by atoms with Crippen LogP contribution in [-0.4, -0.2) is 47.4 Å². The highest BCUT2D eigenvalue weighted by Crippen LogP contribution is 2.18. The SMILES string of the molecule is CCCCCCCCCCCCCCCCCCCCCC(O)C(CO)NC(=O)CCCCCCCCC/C=C\C/C=C\CCCCCCCCCCCOC(=O)CCCCCCCCCCCCCCCCC. The highest BCUT2D eigenvalue weighted by molar-refractivity contribution is 5.76. The Bertz CT molecular complexity index is 1150. The van der Waals surface area contributed by atoms with Crippen LogP contribution in [0.25, 0.3) is 0 Å². The van der Waals surface area contributed by atoms with E-state index < -0.39 is 12.1 Å². The monoisotopic (exact) mass is 1040 g/mol. The molecule has 6 heteroatoms. The molecule has 0 bridgehead atoms. The maximum Gasteiger partial charge on any atom is 0.305 e. The van der Waals surface area contributed by atoms with Gasteiger partial charge in [0.25, 0.3) is 0 Å². The normalized spacial score (nSPS) is 12.6. The predicted molar refractivity (Wildman–Crippen MR) is 324 cm³/mol. The van der Waals surface area contributed by atoms with Gasteiger partial charge in [0.1, 0.15) is 0 Å². The lowest BCUT2D eigenvalue weighted by Gasteiger charge is -2.22. The van der Waals surface area contributed by atoms with E-state index in [1.54, 1.807) is 0 Å². The van der Waals surface area contributed by atoms with E-state index in [1.807, 2.05) is 0 Å². The molecule has 0 fully saturated rings. The number of esters is 1. The molecule has 0 heterocycles. The van der Waals surface area contributed by atoms with Crippen LogP contribution in [0.3, 0.4) is 0 Å². The summed E-state index contributed by atoms with van der Waals surface area (Å²) in [7, 11) is 0. The van der Waals surface area contributed by atoms with Crippen LogP contribution >= 0.6 is 0 Å². The molecule has 0 aliphatic rings. The topological polar surface area (TPSA) is 95.9 Å². The average molecular weight is 1040 g/mol. The number of hydrogen-bond donors (Lipinski definition) is 3. The first-order valence-corrected chi connectivity index (χ1v) is 33.6. The number of rotatable bonds is 63. The summed E-state index contributed by atoms with van der Waals surface area (Å²) in [6, 6.07) is -0.550. The van der Waals surface area contributed by atoms with Crippen molar-refractivity contribution in [3.63, 3.8) is 0 Å². The van der Waals surface area contributed by atoms with Crippen LogP contribution in [0.4, 0.5) is 0 Å². The maximum absolute atomic E-state index is 12.5. The fraction of sp³-hybridized carbons (Fsp3) is 0.912. The zero-order valence-electron chi connectivity index (χ0n) is 50.1. The third kappa shape index (κ3) is 59.6. The van der Waals surface area contributed by atoms with Crippen molar-refractivity contribution < 1.29 is 24.5 Å². The van der Waals surface area contributed by atoms with Crippen LogP contribution in [0.1, 0.15) is 373 Å². The molecule has 3 N–H and O–H groups in total. The second kappa shape index (κ2) is 63.9. The summed E-state index contributed by atoms with van der Waals surface area (Å²) < 4.78 is 5.49. The quantitative estimate of drug-likeness (QED) is 0.0320. The zero-order chi connectivity index (χ0) is 53.6. The molecule has 0 aliphatic heterocycles. The highest BCUT2D eigenvalue weighted by atomic mass is 16.5. The van der Waals surface area contributed by atoms with Crippen LogP contribution in [0, 0.1) is 0 Å². The molecule has 0 aliphatic carbocycles. The minimum atomic E-state index is -0.671. The minimum Gasteiger partial charge on any atom is -0.466 e. The Morgan fingerprint density at radius 3 is 1.03 bits per heavy atom. The number of unbranched alkanes of at least 4 members (excludes halogenated alkanes) is 48. The fourth-order valence-electron chi connectivity index (χ4n) is 10.6. The van der Waals surface area contributed by atoms with Crippen molar-refractivity contribution in [2.75, 3.05) is 13.2 Å². The van der Waals surface area contributed by atoms with Crippen molar-refractivity contribution in [3.05, 3.63) is 24.3 Å². The van der Waals surface area contributed by atoms with Gasteiger partial charge in [-0.15, -0.1) is 0 Å². The van der Waals surface area contributed by atoms with E-state index in [-0.39, 0.29) is 18.5 Å². The number of ether oxygens (including phenoxy) is 1. The summed E-state index contributed by atoms with van der Waals surface area (Å²) >= 11 is 0. The van der Waals surface area contributed by atoms with Gasteiger partial charge >= 0.3 is 5.97 Å². The van der Waals surface area contributed by atoms with Gasteiger partial charge in [-0.3, -0.25) is 9.59 Å². The number of nitrogens with one attached hydrogen (secondary N) is 1. The number of carbonyl (C=O) groups excluding carboxylic acids is 2. The summed E-state index contributed by atoms with van der Waals surface area (Å²) in [6.07, 6.45) is 79.2. The second-order valence-corrected chi connectivity index (χ2v) is 23.2. The molecular formula is C68H131NO5. The van der Waals surface area contributed by atoms with Crippen molar-refractivity contribution >= 4 is 11.9 Å². The van der Waals surface area contributed by atoms with E-state index in [0.29, 0.717) is 25.9 Å². The summed E-state index contributed by atoms with van der Waals surface area (Å²) in [5.74, 6) is -0.0312. The van der Waals surface area contributed by atoms with Gasteiger partial charge in [0.2, 0.25) is 5.91 Å². The van der Waals surface area contributed by atoms with Crippen LogP contribution in [-0.2, 0) is 14.3 Å². The van der Waals surface area contributed by atoms with Gasteiger partial charge < -0.3 is 20.3 Å². The summed E-state index contributed by atoms with van der Waals surface area (Å²) in [5, 5.41) is 23.4. The molecule has 0 aromatic carbocycles. The summed E-state index contributed by atoms with van der Waals surface area (Å²) in [5.41, 5.74) is 0. The van der Waals surface area contributed by atoms with E-state index in [2.05, 4.69) is 43.5 Å². The smallest absolute Gasteiger partial charge is 0.305 e. The molecule has 0 rings (SSSR count). The van der Waals surface area contributed by atoms with Gasteiger partial charge in [0.05, 0.1) is 25.4 Å². The molecule has 0 aromatic rings. The molecule has 2 unspecified atom stereocenters. The largest absolute Gasteiger partial charge is 0.466 e. The Kier molecular flexibility index (Phi) is 62.4. The maximum atomic E-state index is 12.5. The first kappa shape index (κ1) is 72.3. The molecule has 0 saturated heterocycles. The molecule has 0 aromatic heterocycles. The van der Waals surface area contributed by atoms with Gasteiger partial charge in [-0.25, -0.2) is 0 Å². The first-order chi connectivity index (χ1) is 36.5. The summed E-state index contributed by atoms with van der Waals surface area (Å²) in [6.45, 7) is 4.98. The van der Waals surface area contributed by atoms with Gasteiger partial charge in [-0.1, -0.05) is 327 Å². The molecule has 2 atom stereocenters. The van der Waals surface area contributed by atoms with Gasteiger partial charge in [0.15, 0.2) is 0 Å². The van der Waals surface area contributed by atoms with Crippen molar-refractivity contribution in [1.82, 2.24) is 5.32 Å². The molecule has 0 saturated carbocycles. The standard InChI is InChI=1S/C68H131NO5/c1-3-5-7-9-11-13-15-17-19-20-26-29-33-36-40-44-48-52-56-60-66(71)65(64-70)69-67(72)61-57-53-49-45-41-37-34-30-27-24-22-21-23-25-28-31-35-39-43-47-51-55-59-63-74-68(73)62-58-54-50-46-42-38-32-18-16-14-12-10-8-6-4-2/h21,23-24,27,65-66,70-71H,3-20,22,25-26,28-64H2,1-2H3,(H,69,72)/b23-21-,27-24-. The third-order valence-corrected chi connectivity index (χ3v) is 15.8. The molecule has 0 spiro atoms. The Labute approximate surface area is 462 Å². The number of aliphatic hydroxyl groups is 2. The number of aliphatic hydroxyl groups excluding tert-OH is 2. The molecular weight excluding hydrogens is 911 g/mol. The number of carbonyl (C=O) groups is 2. The second-order valence-electron chi connectivity index (χ2n) is 23.2. The van der Waals surface area contributed by atoms with Crippen LogP contribution in [0.15, 0.2) is 24.3 Å². The molecule has 438 valence electrons. The highest BCUT2D eigenvalue weighted by Gasteiger charge is 2.20. The van der Waals surface area contributed by atoms with Crippen molar-refractivity contribution in [3.8, 4) is 0 Å². The number of amides is 1. The van der Waals surface area contributed by atoms with Crippen LogP contribution in [0.5, 0.6) is 0 Å². The van der Waals surface area contributed by atoms with Crippen molar-refractivity contribution in [2.45, 2.75) is 386 Å². The van der Waals surface area contributed by atoms with E-state index in [0.717, 1.165) is 44.9 Å². The lowest BCUT2D eigenvalue weighted by atomic mass is 10.0. The van der Waals surface area contributed by atoms with Crippen molar-refractivity contribution in [1.29, 1.82) is 0 Å². The van der Waals surface area contributed by atoms with Gasteiger partial charge in [0, 0.05) is 12.8 Å². The van der Waals surface area contributed by atoms with Gasteiger partial charge in [-0.05, 0) is 57.8 Å². The van der Waals surface area contributed by atoms with E-state index >= 15 is 0 Å². The van der Waals surface area contributed by atoms with E-state index in [9.17, 15) is 19.8 Å². The average Bonchev–Trinajstić information content (AvgIpc) is 3.40. The van der Waals surface area contributed by atoms with Crippen molar-refractivity contribution in [2.24, 2.45) is 0 Å². The molecule has 74 heavy (non-hydrogen) atoms. The number of allylic oxidation sites excluding steroid dienone is 4. The predicted octanol–water partition coefficient (Wildman–Crippen LogP) is 21.4. The molecule has 0 radical (unpaired) electrons. The Morgan fingerprint density at radius 1 is 0.378 bits per heavy atom. The molecule has 6 nitrogen and oxygen atoms in total. The minimum absolute atomic E-state index is 0.0107. The van der Waals surface area contributed by atoms with E-state index in [1.165, 1.54) is 295 Å². The first-order valence-electron chi connectivity index (χ1n) is 33.6. The Hall–Kier alpha value is -1.66. The zero-order valence-corrected chi connectivity index (χ0v) is 50.1. The lowest BCUT2D eigenvalue weighted by Crippen LogP contribution is -2.45. The van der Waals surface area contributed by atoms with Gasteiger partial charge in [-0.2, -0.15) is 0 Å². The Morgan fingerprint density at radius 2 is 0.676 bits per heavy atom.